The van der Waals surface area contributed by atoms with E-state index in [2.05, 4.69) is 10.3 Å². The van der Waals surface area contributed by atoms with Crippen LogP contribution in [0.2, 0.25) is 5.02 Å². The second-order valence-electron chi connectivity index (χ2n) is 10.2. The van der Waals surface area contributed by atoms with Crippen molar-refractivity contribution >= 4 is 41.0 Å². The summed E-state index contributed by atoms with van der Waals surface area (Å²) in [4.78, 5) is 47.6. The highest BCUT2D eigenvalue weighted by atomic mass is 35.5. The third-order valence-electron chi connectivity index (χ3n) is 7.13. The number of nitrogens with zero attached hydrogens (tertiary/aromatic N) is 5. The third kappa shape index (κ3) is 5.96. The zero-order chi connectivity index (χ0) is 30.9. The lowest BCUT2D eigenvalue weighted by Crippen LogP contribution is -2.56. The first kappa shape index (κ1) is 29.4. The van der Waals surface area contributed by atoms with Crippen LogP contribution in [0, 0.1) is 29.6 Å². The molecule has 3 aromatic rings. The first-order valence-electron chi connectivity index (χ1n) is 13.1. The number of hydrogen-bond donors (Lipinski definition) is 1. The molecule has 2 atom stereocenters. The minimum Gasteiger partial charge on any atom is -0.446 e. The summed E-state index contributed by atoms with van der Waals surface area (Å²) >= 11 is 6.54. The molecule has 2 aliphatic rings. The van der Waals surface area contributed by atoms with Crippen LogP contribution in [0.4, 0.5) is 25.1 Å². The molecule has 13 heteroatoms. The van der Waals surface area contributed by atoms with Crippen LogP contribution in [0.25, 0.3) is 0 Å². The van der Waals surface area contributed by atoms with E-state index in [1.165, 1.54) is 36.5 Å². The third-order valence-corrected chi connectivity index (χ3v) is 7.47. The normalized spacial score (nSPS) is 18.0. The number of amides is 3. The van der Waals surface area contributed by atoms with Gasteiger partial charge in [-0.05, 0) is 48.9 Å². The quantitative estimate of drug-likeness (QED) is 0.408. The van der Waals surface area contributed by atoms with Gasteiger partial charge >= 0.3 is 6.09 Å². The van der Waals surface area contributed by atoms with Crippen LogP contribution in [0.15, 0.2) is 60.8 Å². The Hall–Kier alpha value is -5.07. The predicted molar refractivity (Wildman–Crippen MR) is 150 cm³/mol. The monoisotopic (exact) mass is 604 g/mol. The molecule has 1 aliphatic carbocycles. The fourth-order valence-electron chi connectivity index (χ4n) is 5.14. The van der Waals surface area contributed by atoms with Gasteiger partial charge in [0.1, 0.15) is 18.5 Å². The van der Waals surface area contributed by atoms with Crippen LogP contribution in [0.1, 0.15) is 41.1 Å². The summed E-state index contributed by atoms with van der Waals surface area (Å²) < 4.78 is 32.5. The molecule has 2 fully saturated rings. The maximum absolute atomic E-state index is 14.6. The van der Waals surface area contributed by atoms with E-state index in [-0.39, 0.29) is 33.2 Å². The minimum atomic E-state index is -2.92. The van der Waals surface area contributed by atoms with Gasteiger partial charge in [-0.3, -0.25) is 14.5 Å². The molecule has 0 radical (unpaired) electrons. The van der Waals surface area contributed by atoms with Gasteiger partial charge in [0.15, 0.2) is 6.04 Å². The highest BCUT2D eigenvalue weighted by Crippen LogP contribution is 2.39. The van der Waals surface area contributed by atoms with Crippen molar-refractivity contribution in [2.75, 3.05) is 16.4 Å². The Morgan fingerprint density at radius 1 is 1.14 bits per heavy atom. The molecule has 1 aromatic heterocycles. The van der Waals surface area contributed by atoms with Gasteiger partial charge in [0.05, 0.1) is 23.3 Å². The number of carbonyl (C=O) groups is 3. The molecular formula is C30H23ClF2N6O4. The summed E-state index contributed by atoms with van der Waals surface area (Å²) in [6.07, 6.45) is -0.736. The van der Waals surface area contributed by atoms with Crippen molar-refractivity contribution in [3.8, 4) is 12.1 Å². The molecular weight excluding hydrogens is 582 g/mol. The van der Waals surface area contributed by atoms with Crippen LogP contribution in [0.3, 0.4) is 0 Å². The van der Waals surface area contributed by atoms with Crippen molar-refractivity contribution in [2.45, 2.75) is 43.8 Å². The molecule has 1 N–H and O–H groups in total. The van der Waals surface area contributed by atoms with Crippen LogP contribution in [0.5, 0.6) is 0 Å². The largest absolute Gasteiger partial charge is 0.446 e. The van der Waals surface area contributed by atoms with Crippen LogP contribution in [-0.4, -0.2) is 47.5 Å². The molecule has 218 valence electrons. The highest BCUT2D eigenvalue weighted by Gasteiger charge is 2.49. The summed E-state index contributed by atoms with van der Waals surface area (Å²) in [7, 11) is 0. The highest BCUT2D eigenvalue weighted by molar-refractivity contribution is 6.31. The zero-order valence-corrected chi connectivity index (χ0v) is 23.4. The molecule has 0 unspecified atom stereocenters. The maximum Gasteiger partial charge on any atom is 0.416 e. The maximum atomic E-state index is 14.6. The molecule has 2 heterocycles. The van der Waals surface area contributed by atoms with Crippen LogP contribution >= 0.6 is 11.6 Å². The summed E-state index contributed by atoms with van der Waals surface area (Å²) in [5.74, 6) is -4.54. The number of halogens is 3. The number of nitrogens with one attached hydrogen (secondary N) is 1. The number of pyridine rings is 1. The lowest BCUT2D eigenvalue weighted by atomic mass is 9.87. The number of benzene rings is 2. The van der Waals surface area contributed by atoms with E-state index in [0.29, 0.717) is 5.56 Å². The number of cyclic esters (lactones) is 1. The number of anilines is 2. The number of ether oxygens (including phenoxy) is 1. The van der Waals surface area contributed by atoms with Crippen molar-refractivity contribution in [3.05, 3.63) is 88.1 Å². The molecule has 1 saturated carbocycles. The van der Waals surface area contributed by atoms with E-state index in [1.54, 1.807) is 31.2 Å². The fourth-order valence-corrected chi connectivity index (χ4v) is 5.38. The molecule has 1 aliphatic heterocycles. The number of aromatic nitrogens is 1. The standard InChI is InChI=1S/C30H23ClF2N6O4/c1-17-8-19(15-35)10-21(9-17)38(28(41)24-16-43-29(42)39(24)25-11-18(14-34)6-7-36-25)26(22-4-2-3-5-23(22)31)27(40)37-20-12-30(32,33)13-20/h2-11,20,24,26H,12-13,16H2,1H3,(H,37,40)/t24-,26-/m0/s1. The minimum absolute atomic E-state index is 0.0303. The van der Waals surface area contributed by atoms with Gasteiger partial charge in [0.2, 0.25) is 5.91 Å². The Balaban J connectivity index is 1.65. The van der Waals surface area contributed by atoms with E-state index >= 15 is 0 Å². The molecule has 0 spiro atoms. The topological polar surface area (TPSA) is 139 Å². The lowest BCUT2D eigenvalue weighted by Gasteiger charge is -2.39. The fraction of sp³-hybridized carbons (Fsp3) is 0.267. The van der Waals surface area contributed by atoms with E-state index in [9.17, 15) is 33.7 Å². The second kappa shape index (κ2) is 11.7. The van der Waals surface area contributed by atoms with E-state index in [1.807, 2.05) is 12.1 Å². The molecule has 5 rings (SSSR count). The Labute approximate surface area is 250 Å². The lowest BCUT2D eigenvalue weighted by molar-refractivity contribution is -0.133. The number of rotatable bonds is 7. The SMILES string of the molecule is Cc1cc(C#N)cc(N(C(=O)[C@@H]2COC(=O)N2c2cc(C#N)ccn2)[C@H](C(=O)NC2CC(F)(F)C2)c2ccccc2Cl)c1. The number of alkyl halides is 2. The number of aryl methyl sites for hydroxylation is 1. The predicted octanol–water partition coefficient (Wildman–Crippen LogP) is 4.80. The Morgan fingerprint density at radius 3 is 2.53 bits per heavy atom. The van der Waals surface area contributed by atoms with Crippen molar-refractivity contribution < 1.29 is 27.9 Å². The van der Waals surface area contributed by atoms with Crippen molar-refractivity contribution in [1.82, 2.24) is 10.3 Å². The molecule has 0 bridgehead atoms. The molecule has 1 saturated heterocycles. The van der Waals surface area contributed by atoms with Gasteiger partial charge in [-0.25, -0.2) is 23.5 Å². The summed E-state index contributed by atoms with van der Waals surface area (Å²) in [6.45, 7) is 1.27. The summed E-state index contributed by atoms with van der Waals surface area (Å²) in [5, 5.41) is 21.8. The summed E-state index contributed by atoms with van der Waals surface area (Å²) in [6, 6.07) is 13.8. The van der Waals surface area contributed by atoms with Crippen molar-refractivity contribution in [3.63, 3.8) is 0 Å². The number of hydrogen-bond acceptors (Lipinski definition) is 7. The van der Waals surface area contributed by atoms with E-state index in [4.69, 9.17) is 16.3 Å². The average Bonchev–Trinajstić information content (AvgIpc) is 3.35. The van der Waals surface area contributed by atoms with Gasteiger partial charge in [-0.1, -0.05) is 29.8 Å². The Kier molecular flexibility index (Phi) is 7.98. The first-order chi connectivity index (χ1) is 20.5. The average molecular weight is 605 g/mol. The van der Waals surface area contributed by atoms with Gasteiger partial charge in [-0.2, -0.15) is 10.5 Å². The van der Waals surface area contributed by atoms with E-state index < -0.39 is 61.4 Å². The molecule has 10 nitrogen and oxygen atoms in total. The smallest absolute Gasteiger partial charge is 0.416 e. The van der Waals surface area contributed by atoms with Crippen molar-refractivity contribution in [1.29, 1.82) is 10.5 Å². The zero-order valence-electron chi connectivity index (χ0n) is 22.6. The van der Waals surface area contributed by atoms with Gasteiger partial charge in [0, 0.05) is 41.4 Å². The number of carbonyl (C=O) groups excluding carboxylic acids is 3. The van der Waals surface area contributed by atoms with Gasteiger partial charge in [0.25, 0.3) is 11.8 Å². The molecule has 2 aromatic carbocycles. The van der Waals surface area contributed by atoms with Crippen LogP contribution in [-0.2, 0) is 14.3 Å². The molecule has 3 amide bonds. The number of nitriles is 2. The van der Waals surface area contributed by atoms with Crippen molar-refractivity contribution in [2.24, 2.45) is 0 Å². The first-order valence-corrected chi connectivity index (χ1v) is 13.5. The Morgan fingerprint density at radius 2 is 1.86 bits per heavy atom. The second-order valence-corrected chi connectivity index (χ2v) is 10.7. The molecule has 43 heavy (non-hydrogen) atoms. The summed E-state index contributed by atoms with van der Waals surface area (Å²) in [5.41, 5.74) is 1.25. The van der Waals surface area contributed by atoms with Gasteiger partial charge in [-0.15, -0.1) is 0 Å². The Bertz CT molecular complexity index is 1700. The van der Waals surface area contributed by atoms with E-state index in [0.717, 1.165) is 9.80 Å². The van der Waals surface area contributed by atoms with Gasteiger partial charge < -0.3 is 10.1 Å². The van der Waals surface area contributed by atoms with Crippen LogP contribution < -0.4 is 15.1 Å².